The number of thiol groups is 1. The summed E-state index contributed by atoms with van der Waals surface area (Å²) in [4.78, 5) is 110. The molecule has 1 aliphatic heterocycles. The Morgan fingerprint density at radius 1 is 0.473 bits per heavy atom. The number of benzene rings is 10. The number of ketones is 4. The Morgan fingerprint density at radius 3 is 1.29 bits per heavy atom. The molecule has 696 valence electrons. The van der Waals surface area contributed by atoms with Crippen molar-refractivity contribution in [1.82, 2.24) is 9.97 Å². The molecule has 22 nitrogen and oxygen atoms in total. The molecule has 1 unspecified atom stereocenters. The number of carboxylic acids is 4. The second-order valence-corrected chi connectivity index (χ2v) is 31.2. The number of hydrogen-bond donors (Lipinski definition) is 9. The standard InChI is InChI=1S/C17H11ClF3NO2.C17H12F3NO3S.C10H8F3NO.2C10H10O3S.C7H4Cl2O.C7H7F3N2O.C7H6O2S.C3H5ClO.ClH/c1-9-15(16(23)10-2-4-11(18)5-3-10)13-7-6-12(8-14(13)22-9)24-17(19,20)21;1-9-15(25-14-5-3-2-4-12(14)16(22)23)11-7-6-10(8-13(11)21-9)24-17(18,19)20;1-6-4-7-2-3-8(5-9(7)14-6)15-10(11,12)13;2*1-7(11)6-14-9-5-3-2-4-8(9)10(12)13;8-6-3-1-5(2-4-6)7(9)10;8-7(9,10)13-6-3-1-2-5(4-6)12-11;8-7(9)5-3-1-2-4-6(5)10;1-3(5)2-4;/h2-8,22H,1H3;2-8,15H,1H3,(H,22,23);2-5,14H,1H3;2*2-5H,6H2,1H3,(H,12,13);1-4H;1-4,12H,11H2;1-4,10H,(H,8,9);2H2,1H3;1H. The van der Waals surface area contributed by atoms with Crippen LogP contribution in [0.25, 0.3) is 21.8 Å². The van der Waals surface area contributed by atoms with Gasteiger partial charge in [-0.1, -0.05) is 83.9 Å². The van der Waals surface area contributed by atoms with Gasteiger partial charge in [0.1, 0.15) is 40.3 Å². The van der Waals surface area contributed by atoms with Crippen LogP contribution in [-0.2, 0) is 14.4 Å². The molecule has 2 aromatic heterocycles. The number of anilines is 1. The van der Waals surface area contributed by atoms with Crippen molar-refractivity contribution >= 4 is 198 Å². The van der Waals surface area contributed by atoms with Gasteiger partial charge in [0.05, 0.1) is 67.3 Å². The fourth-order valence-corrected chi connectivity index (χ4v) is 14.0. The number of nitrogens with zero attached hydrogens (tertiary/aromatic N) is 1. The first kappa shape index (κ1) is 111. The highest BCUT2D eigenvalue weighted by Crippen LogP contribution is 2.48. The smallest absolute Gasteiger partial charge is 0.478 e. The minimum Gasteiger partial charge on any atom is -0.478 e. The van der Waals surface area contributed by atoms with E-state index in [9.17, 15) is 101 Å². The van der Waals surface area contributed by atoms with Gasteiger partial charge in [0.25, 0.3) is 5.24 Å². The lowest BCUT2D eigenvalue weighted by Gasteiger charge is -2.14. The van der Waals surface area contributed by atoms with Crippen molar-refractivity contribution in [1.29, 1.82) is 0 Å². The number of aromatic carboxylic acids is 4. The topological polar surface area (TPSA) is 353 Å². The average Bonchev–Trinajstić information content (AvgIpc) is 1.65. The van der Waals surface area contributed by atoms with Gasteiger partial charge < -0.3 is 54.8 Å². The minimum absolute atomic E-state index is 0. The number of rotatable bonds is 21. The second kappa shape index (κ2) is 52.9. The Kier molecular flexibility index (Phi) is 45.0. The molecule has 12 aromatic rings. The predicted molar refractivity (Wildman–Crippen MR) is 484 cm³/mol. The number of ether oxygens (including phenoxy) is 4. The number of aryl methyl sites for hydroxylation is 2. The van der Waals surface area contributed by atoms with E-state index in [4.69, 9.17) is 67.6 Å². The number of halogens is 17. The molecule has 0 amide bonds. The fourth-order valence-electron chi connectivity index (χ4n) is 10.4. The quantitative estimate of drug-likeness (QED) is 0.00471. The number of hydrazine groups is 1. The number of Topliss-reactive ketones (excluding diaryl/α,β-unsaturated/α-hetero) is 3. The number of thioether (sulfide) groups is 3. The Labute approximate surface area is 782 Å². The van der Waals surface area contributed by atoms with Crippen molar-refractivity contribution in [2.24, 2.45) is 10.8 Å². The molecule has 43 heteroatoms. The summed E-state index contributed by atoms with van der Waals surface area (Å²) >= 11 is 29.3. The summed E-state index contributed by atoms with van der Waals surface area (Å²) in [5.74, 6) is 0.520. The van der Waals surface area contributed by atoms with Crippen LogP contribution in [-0.4, -0.2) is 131 Å². The van der Waals surface area contributed by atoms with Gasteiger partial charge >= 0.3 is 49.3 Å². The molecular formula is C88H74Cl5F12N5O17S4. The van der Waals surface area contributed by atoms with E-state index in [1.807, 2.05) is 13.0 Å². The van der Waals surface area contributed by atoms with Gasteiger partial charge in [-0.05, 0) is 210 Å². The number of hydrogen-bond acceptors (Lipinski definition) is 20. The highest BCUT2D eigenvalue weighted by atomic mass is 35.5. The van der Waals surface area contributed by atoms with Crippen molar-refractivity contribution in [2.75, 3.05) is 22.8 Å². The molecule has 9 N–H and O–H groups in total. The first-order valence-electron chi connectivity index (χ1n) is 36.6. The van der Waals surface area contributed by atoms with E-state index >= 15 is 0 Å². The van der Waals surface area contributed by atoms with Crippen LogP contribution in [0.4, 0.5) is 64.1 Å². The Morgan fingerprint density at radius 2 is 0.870 bits per heavy atom. The SMILES string of the molecule is CC(=O)CCl.CC(=O)CSc1ccccc1C(=O)O.CC(=O)CSc1ccccc1C(=O)O.CC1=Nc2cc(OC(F)(F)F)ccc2C1Sc1ccccc1C(=O)O.Cc1[nH]c2cc(OC(F)(F)F)ccc2c1C(=O)c1ccc(Cl)cc1.Cc1cc2ccc(OC(F)(F)F)cc2[nH]1.Cl.NNc1cccc(OC(F)(F)F)c1.O=C(Cl)c1ccc(Cl)cc1.O=C(O)c1ccccc1S. The molecule has 1 atom stereocenters. The summed E-state index contributed by atoms with van der Waals surface area (Å²) in [6.07, 6.45) is -18.8. The predicted octanol–water partition coefficient (Wildman–Crippen LogP) is 25.5. The van der Waals surface area contributed by atoms with Crippen LogP contribution in [0.1, 0.15) is 118 Å². The van der Waals surface area contributed by atoms with E-state index in [1.165, 1.54) is 147 Å². The molecule has 0 saturated heterocycles. The van der Waals surface area contributed by atoms with Gasteiger partial charge in [0, 0.05) is 93.0 Å². The van der Waals surface area contributed by atoms with Crippen molar-refractivity contribution in [3.05, 3.63) is 296 Å². The maximum Gasteiger partial charge on any atom is 0.573 e. The molecule has 0 bridgehead atoms. The number of fused-ring (bicyclic) bond motifs is 3. The van der Waals surface area contributed by atoms with E-state index in [0.29, 0.717) is 97.0 Å². The van der Waals surface area contributed by atoms with Crippen LogP contribution in [0.15, 0.2) is 255 Å². The first-order valence-corrected chi connectivity index (χ1v) is 41.5. The number of nitrogens with two attached hydrogens (primary N) is 1. The van der Waals surface area contributed by atoms with Crippen LogP contribution < -0.4 is 30.2 Å². The van der Waals surface area contributed by atoms with Gasteiger partial charge in [0.15, 0.2) is 5.78 Å². The first-order chi connectivity index (χ1) is 60.8. The zero-order valence-corrected chi connectivity index (χ0v) is 75.6. The van der Waals surface area contributed by atoms with E-state index in [0.717, 1.165) is 22.7 Å². The molecular weight excluding hydrogens is 1930 g/mol. The normalized spacial score (nSPS) is 11.5. The molecule has 1 aliphatic rings. The monoisotopic (exact) mass is 2000 g/mol. The summed E-state index contributed by atoms with van der Waals surface area (Å²) in [6.45, 7) is 9.70. The highest BCUT2D eigenvalue weighted by molar-refractivity contribution is 8.00. The van der Waals surface area contributed by atoms with Crippen LogP contribution in [0.3, 0.4) is 0 Å². The van der Waals surface area contributed by atoms with E-state index in [2.05, 4.69) is 52.0 Å². The number of carboxylic acid groups (broad SMARTS) is 4. The lowest BCUT2D eigenvalue weighted by Crippen LogP contribution is -2.17. The van der Waals surface area contributed by atoms with Crippen molar-refractivity contribution in [3.63, 3.8) is 0 Å². The number of carbonyl (C=O) groups excluding carboxylic acids is 5. The molecule has 3 heterocycles. The third-order valence-electron chi connectivity index (χ3n) is 15.8. The third-order valence-corrected chi connectivity index (χ3v) is 21.1. The van der Waals surface area contributed by atoms with Crippen LogP contribution in [0.5, 0.6) is 23.0 Å². The summed E-state index contributed by atoms with van der Waals surface area (Å²) in [5.41, 5.74) is 9.07. The van der Waals surface area contributed by atoms with Crippen molar-refractivity contribution < 1.29 is 135 Å². The maximum atomic E-state index is 12.7. The van der Waals surface area contributed by atoms with E-state index in [-0.39, 0.29) is 91.9 Å². The Bertz CT molecular complexity index is 5900. The van der Waals surface area contributed by atoms with Gasteiger partial charge in [-0.3, -0.25) is 34.8 Å². The summed E-state index contributed by atoms with van der Waals surface area (Å²) in [5, 5.41) is 37.2. The van der Waals surface area contributed by atoms with Gasteiger partial charge in [0.2, 0.25) is 0 Å². The van der Waals surface area contributed by atoms with Gasteiger partial charge in [-0.15, -0.1) is 125 Å². The number of nitrogens with one attached hydrogen (secondary N) is 3. The largest absolute Gasteiger partial charge is 0.573 e. The number of aromatic amines is 2. The Balaban J connectivity index is 0.000000317. The molecule has 131 heavy (non-hydrogen) atoms. The highest BCUT2D eigenvalue weighted by Gasteiger charge is 2.35. The van der Waals surface area contributed by atoms with Crippen LogP contribution in [0.2, 0.25) is 10.0 Å². The number of aliphatic imine (C=N–C) groups is 1. The maximum absolute atomic E-state index is 12.7. The van der Waals surface area contributed by atoms with Gasteiger partial charge in [-0.2, -0.15) is 0 Å². The van der Waals surface area contributed by atoms with Crippen molar-refractivity contribution in [2.45, 2.75) is 91.8 Å². The van der Waals surface area contributed by atoms with Crippen LogP contribution in [0, 0.1) is 13.8 Å². The summed E-state index contributed by atoms with van der Waals surface area (Å²) in [6, 6.07) is 58.4. The Hall–Kier alpha value is -11.9. The molecule has 0 spiro atoms. The number of nitrogen functional groups attached to an aromatic ring is 1. The number of H-pyrrole nitrogens is 2. The molecule has 0 aliphatic carbocycles. The number of aromatic nitrogens is 2. The minimum atomic E-state index is -4.77. The molecule has 0 saturated carbocycles. The lowest BCUT2D eigenvalue weighted by atomic mass is 10.0. The molecule has 0 radical (unpaired) electrons. The summed E-state index contributed by atoms with van der Waals surface area (Å²) < 4.78 is 160. The molecule has 0 fully saturated rings. The van der Waals surface area contributed by atoms with E-state index in [1.54, 1.807) is 141 Å². The lowest BCUT2D eigenvalue weighted by molar-refractivity contribution is -0.275. The van der Waals surface area contributed by atoms with E-state index < -0.39 is 54.6 Å². The zero-order chi connectivity index (χ0) is 97.1. The van der Waals surface area contributed by atoms with Crippen molar-refractivity contribution in [3.8, 4) is 23.0 Å². The fraction of sp³-hybridized carbons (Fsp3) is 0.159. The second-order valence-electron chi connectivity index (χ2n) is 26.0. The number of alkyl halides is 13. The molecule has 13 rings (SSSR count). The summed E-state index contributed by atoms with van der Waals surface area (Å²) in [7, 11) is 0. The van der Waals surface area contributed by atoms with Gasteiger partial charge in [-0.25, -0.2) is 19.2 Å². The zero-order valence-electron chi connectivity index (χ0n) is 68.4. The average molecular weight is 2010 g/mol. The van der Waals surface area contributed by atoms with Crippen LogP contribution >= 0.6 is 107 Å². The number of carbonyl (C=O) groups is 9. The third kappa shape index (κ3) is 40.2. The molecule has 10 aromatic carbocycles.